The number of benzene rings is 1. The summed E-state index contributed by atoms with van der Waals surface area (Å²) in [4.78, 5) is 25.7. The topological polar surface area (TPSA) is 119 Å². The van der Waals surface area contributed by atoms with Crippen molar-refractivity contribution < 1.29 is 22.7 Å². The lowest BCUT2D eigenvalue weighted by molar-refractivity contribution is -0.173. The SMILES string of the molecule is Nc1nc(OCc2ccccc2CNC(=O)C(F)(F)F)c2nc[nH]c2n1. The van der Waals surface area contributed by atoms with Crippen molar-refractivity contribution in [3.05, 3.63) is 41.7 Å². The van der Waals surface area contributed by atoms with Gasteiger partial charge in [-0.05, 0) is 11.1 Å². The Bertz CT molecular complexity index is 941. The number of nitrogens with zero attached hydrogens (tertiary/aromatic N) is 3. The van der Waals surface area contributed by atoms with Crippen LogP contribution in [0, 0.1) is 0 Å². The number of halogens is 3. The third kappa shape index (κ3) is 3.82. The van der Waals surface area contributed by atoms with Gasteiger partial charge in [0.15, 0.2) is 11.2 Å². The first-order valence-electron chi connectivity index (χ1n) is 7.36. The fourth-order valence-electron chi connectivity index (χ4n) is 2.22. The summed E-state index contributed by atoms with van der Waals surface area (Å²) in [6.45, 7) is -0.294. The largest absolute Gasteiger partial charge is 0.471 e. The molecule has 1 aromatic carbocycles. The second-order valence-electron chi connectivity index (χ2n) is 5.22. The number of H-pyrrole nitrogens is 1. The number of nitrogens with two attached hydrogens (primary N) is 1. The lowest BCUT2D eigenvalue weighted by atomic mass is 10.1. The normalized spacial score (nSPS) is 11.5. The highest BCUT2D eigenvalue weighted by molar-refractivity contribution is 5.81. The maximum atomic E-state index is 12.3. The number of carbonyl (C=O) groups is 1. The number of rotatable bonds is 5. The van der Waals surface area contributed by atoms with Gasteiger partial charge >= 0.3 is 12.1 Å². The highest BCUT2D eigenvalue weighted by Crippen LogP contribution is 2.22. The molecule has 0 aliphatic rings. The zero-order valence-electron chi connectivity index (χ0n) is 13.2. The number of amides is 1. The van der Waals surface area contributed by atoms with Gasteiger partial charge in [-0.15, -0.1) is 0 Å². The van der Waals surface area contributed by atoms with Crippen LogP contribution in [0.1, 0.15) is 11.1 Å². The predicted octanol–water partition coefficient (Wildman–Crippen LogP) is 1.69. The van der Waals surface area contributed by atoms with E-state index in [4.69, 9.17) is 10.5 Å². The molecule has 2 heterocycles. The first kappa shape index (κ1) is 17.5. The van der Waals surface area contributed by atoms with Crippen LogP contribution in [0.15, 0.2) is 30.6 Å². The Morgan fingerprint density at radius 3 is 2.69 bits per heavy atom. The van der Waals surface area contributed by atoms with Crippen molar-refractivity contribution in [2.45, 2.75) is 19.3 Å². The number of nitrogens with one attached hydrogen (secondary N) is 2. The molecule has 4 N–H and O–H groups in total. The minimum atomic E-state index is -4.94. The molecule has 0 atom stereocenters. The summed E-state index contributed by atoms with van der Waals surface area (Å²) in [6, 6.07) is 6.61. The fraction of sp³-hybridized carbons (Fsp3) is 0.200. The molecule has 0 aliphatic heterocycles. The summed E-state index contributed by atoms with van der Waals surface area (Å²) in [5.41, 5.74) is 7.44. The van der Waals surface area contributed by atoms with E-state index in [1.54, 1.807) is 24.3 Å². The Hall–Kier alpha value is -3.37. The second kappa shape index (κ2) is 6.86. The number of hydrogen-bond acceptors (Lipinski definition) is 6. The van der Waals surface area contributed by atoms with Gasteiger partial charge in [-0.2, -0.15) is 23.1 Å². The molecule has 0 radical (unpaired) electrons. The van der Waals surface area contributed by atoms with Crippen LogP contribution >= 0.6 is 0 Å². The molecule has 3 aromatic rings. The van der Waals surface area contributed by atoms with Crippen LogP contribution < -0.4 is 15.8 Å². The molecule has 8 nitrogen and oxygen atoms in total. The van der Waals surface area contributed by atoms with Crippen LogP contribution in [-0.4, -0.2) is 32.0 Å². The summed E-state index contributed by atoms with van der Waals surface area (Å²) in [5, 5.41) is 1.83. The summed E-state index contributed by atoms with van der Waals surface area (Å²) in [5.74, 6) is -1.87. The average molecular weight is 366 g/mol. The van der Waals surface area contributed by atoms with E-state index < -0.39 is 12.1 Å². The van der Waals surface area contributed by atoms with Gasteiger partial charge in [0.2, 0.25) is 11.8 Å². The number of nitrogen functional groups attached to an aromatic ring is 1. The zero-order chi connectivity index (χ0) is 18.7. The molecule has 136 valence electrons. The van der Waals surface area contributed by atoms with Crippen molar-refractivity contribution in [2.24, 2.45) is 0 Å². The zero-order valence-corrected chi connectivity index (χ0v) is 13.2. The van der Waals surface area contributed by atoms with Crippen LogP contribution in [0.2, 0.25) is 0 Å². The van der Waals surface area contributed by atoms with E-state index in [0.29, 0.717) is 22.3 Å². The van der Waals surface area contributed by atoms with Crippen molar-refractivity contribution in [2.75, 3.05) is 5.73 Å². The number of fused-ring (bicyclic) bond motifs is 1. The lowest BCUT2D eigenvalue weighted by Gasteiger charge is -2.12. The smallest absolute Gasteiger partial charge is 0.471 e. The average Bonchev–Trinajstić information content (AvgIpc) is 3.05. The molecule has 3 rings (SSSR count). The molecule has 0 spiro atoms. The van der Waals surface area contributed by atoms with Crippen molar-refractivity contribution in [1.82, 2.24) is 25.3 Å². The number of aromatic nitrogens is 4. The fourth-order valence-corrected chi connectivity index (χ4v) is 2.22. The molecule has 0 saturated carbocycles. The van der Waals surface area contributed by atoms with Gasteiger partial charge < -0.3 is 20.8 Å². The van der Waals surface area contributed by atoms with Gasteiger partial charge in [0.05, 0.1) is 6.33 Å². The highest BCUT2D eigenvalue weighted by atomic mass is 19.4. The Morgan fingerprint density at radius 2 is 1.96 bits per heavy atom. The molecule has 0 unspecified atom stereocenters. The van der Waals surface area contributed by atoms with Gasteiger partial charge in [0, 0.05) is 6.54 Å². The van der Waals surface area contributed by atoms with E-state index in [9.17, 15) is 18.0 Å². The number of carbonyl (C=O) groups excluding carboxylic acids is 1. The standard InChI is InChI=1S/C15H13F3N6O2/c16-15(17,18)13(25)20-5-8-3-1-2-4-9(8)6-26-12-10-11(22-7-21-10)23-14(19)24-12/h1-4,7H,5-6H2,(H,20,25)(H3,19,21,22,23,24). The molecule has 1 amide bonds. The summed E-state index contributed by atoms with van der Waals surface area (Å²) >= 11 is 0. The second-order valence-corrected chi connectivity index (χ2v) is 5.22. The van der Waals surface area contributed by atoms with Crippen LogP contribution in [-0.2, 0) is 17.9 Å². The van der Waals surface area contributed by atoms with Gasteiger partial charge in [-0.3, -0.25) is 4.79 Å². The third-order valence-corrected chi connectivity index (χ3v) is 3.44. The van der Waals surface area contributed by atoms with E-state index in [2.05, 4.69) is 19.9 Å². The molecule has 0 aliphatic carbocycles. The predicted molar refractivity (Wildman–Crippen MR) is 84.8 cm³/mol. The maximum absolute atomic E-state index is 12.3. The summed E-state index contributed by atoms with van der Waals surface area (Å²) in [6.07, 6.45) is -3.53. The quantitative estimate of drug-likeness (QED) is 0.632. The lowest BCUT2D eigenvalue weighted by Crippen LogP contribution is -2.36. The van der Waals surface area contributed by atoms with Gasteiger partial charge in [-0.1, -0.05) is 24.3 Å². The summed E-state index contributed by atoms with van der Waals surface area (Å²) < 4.78 is 42.5. The highest BCUT2D eigenvalue weighted by Gasteiger charge is 2.38. The van der Waals surface area contributed by atoms with Crippen LogP contribution in [0.4, 0.5) is 19.1 Å². The van der Waals surface area contributed by atoms with E-state index >= 15 is 0 Å². The Balaban J connectivity index is 1.74. The number of anilines is 1. The van der Waals surface area contributed by atoms with Crippen molar-refractivity contribution in [3.8, 4) is 5.88 Å². The van der Waals surface area contributed by atoms with E-state index in [1.165, 1.54) is 6.33 Å². The minimum Gasteiger partial charge on any atom is -0.471 e. The third-order valence-electron chi connectivity index (χ3n) is 3.44. The Kier molecular flexibility index (Phi) is 4.61. The Morgan fingerprint density at radius 1 is 1.23 bits per heavy atom. The molecule has 26 heavy (non-hydrogen) atoms. The van der Waals surface area contributed by atoms with Crippen LogP contribution in [0.5, 0.6) is 5.88 Å². The number of imidazole rings is 1. The molecule has 2 aromatic heterocycles. The van der Waals surface area contributed by atoms with Gasteiger partial charge in [-0.25, -0.2) is 4.98 Å². The number of hydrogen-bond donors (Lipinski definition) is 3. The van der Waals surface area contributed by atoms with Crippen molar-refractivity contribution in [1.29, 1.82) is 0 Å². The molecule has 0 saturated heterocycles. The minimum absolute atomic E-state index is 0.00350. The summed E-state index contributed by atoms with van der Waals surface area (Å²) in [7, 11) is 0. The van der Waals surface area contributed by atoms with E-state index in [1.807, 2.05) is 5.32 Å². The van der Waals surface area contributed by atoms with Crippen molar-refractivity contribution in [3.63, 3.8) is 0 Å². The van der Waals surface area contributed by atoms with E-state index in [0.717, 1.165) is 0 Å². The monoisotopic (exact) mass is 366 g/mol. The first-order chi connectivity index (χ1) is 12.3. The molecular formula is C15H13F3N6O2. The molecule has 0 fully saturated rings. The molecular weight excluding hydrogens is 353 g/mol. The number of ether oxygens (including phenoxy) is 1. The Labute approximate surface area is 144 Å². The van der Waals surface area contributed by atoms with Crippen LogP contribution in [0.25, 0.3) is 11.2 Å². The van der Waals surface area contributed by atoms with Gasteiger partial charge in [0.25, 0.3) is 0 Å². The van der Waals surface area contributed by atoms with Crippen LogP contribution in [0.3, 0.4) is 0 Å². The van der Waals surface area contributed by atoms with Gasteiger partial charge in [0.1, 0.15) is 6.61 Å². The van der Waals surface area contributed by atoms with E-state index in [-0.39, 0.29) is 25.0 Å². The molecule has 0 bridgehead atoms. The maximum Gasteiger partial charge on any atom is 0.471 e. The number of aromatic amines is 1. The first-order valence-corrected chi connectivity index (χ1v) is 7.36. The number of alkyl halides is 3. The molecule has 11 heteroatoms. The van der Waals surface area contributed by atoms with Crippen molar-refractivity contribution >= 4 is 23.0 Å².